The maximum atomic E-state index is 13.0. The first-order chi connectivity index (χ1) is 12.4. The number of rotatable bonds is 5. The van der Waals surface area contributed by atoms with Crippen LogP contribution in [0.15, 0.2) is 30.5 Å². The zero-order valence-electron chi connectivity index (χ0n) is 14.9. The van der Waals surface area contributed by atoms with Crippen LogP contribution in [0.2, 0.25) is 0 Å². The topological polar surface area (TPSA) is 97.1 Å². The molecule has 0 saturated heterocycles. The Morgan fingerprint density at radius 1 is 1.27 bits per heavy atom. The van der Waals surface area contributed by atoms with E-state index in [4.69, 9.17) is 0 Å². The summed E-state index contributed by atoms with van der Waals surface area (Å²) in [6.07, 6.45) is 5.25. The fourth-order valence-corrected chi connectivity index (χ4v) is 4.81. The summed E-state index contributed by atoms with van der Waals surface area (Å²) in [6, 6.07) is 7.94. The standard InChI is InChI=1S/C20H25N3O3/c1-20(23-19(25)26,10-14-11-21-16-5-3-2-4-15(14)16)18(24)22-17-9-12-6-7-13(17)8-12/h2-5,11-13,17,21,23H,6-10H2,1H3,(H,22,24)(H,25,26)/p-1. The molecule has 1 heterocycles. The summed E-state index contributed by atoms with van der Waals surface area (Å²) in [7, 11) is 0. The number of carbonyl (C=O) groups is 2. The Labute approximate surface area is 152 Å². The van der Waals surface area contributed by atoms with Crippen molar-refractivity contribution in [1.82, 2.24) is 15.6 Å². The third kappa shape index (κ3) is 3.04. The minimum atomic E-state index is -1.43. The van der Waals surface area contributed by atoms with Gasteiger partial charge in [-0.1, -0.05) is 24.6 Å². The van der Waals surface area contributed by atoms with Gasteiger partial charge in [0.05, 0.1) is 0 Å². The number of fused-ring (bicyclic) bond motifs is 3. The van der Waals surface area contributed by atoms with E-state index in [0.29, 0.717) is 11.8 Å². The molecule has 26 heavy (non-hydrogen) atoms. The Morgan fingerprint density at radius 2 is 2.08 bits per heavy atom. The molecule has 2 aromatic rings. The fourth-order valence-electron chi connectivity index (χ4n) is 4.81. The number of amides is 2. The predicted molar refractivity (Wildman–Crippen MR) is 96.3 cm³/mol. The second-order valence-electron chi connectivity index (χ2n) is 8.04. The minimum absolute atomic E-state index is 0.159. The number of para-hydroxylation sites is 1. The van der Waals surface area contributed by atoms with Crippen molar-refractivity contribution in [1.29, 1.82) is 0 Å². The molecule has 6 nitrogen and oxygen atoms in total. The third-order valence-corrected chi connectivity index (χ3v) is 6.15. The first-order valence-electron chi connectivity index (χ1n) is 9.30. The van der Waals surface area contributed by atoms with Gasteiger partial charge >= 0.3 is 0 Å². The van der Waals surface area contributed by atoms with Gasteiger partial charge < -0.3 is 25.5 Å². The number of aromatic amines is 1. The molecular formula is C20H24N3O3-. The fraction of sp³-hybridized carbons (Fsp3) is 0.500. The van der Waals surface area contributed by atoms with Crippen molar-refractivity contribution in [2.24, 2.45) is 11.8 Å². The van der Waals surface area contributed by atoms with Gasteiger partial charge in [0.2, 0.25) is 5.91 Å². The van der Waals surface area contributed by atoms with Crippen molar-refractivity contribution in [3.63, 3.8) is 0 Å². The van der Waals surface area contributed by atoms with Crippen LogP contribution in [0.1, 0.15) is 38.2 Å². The maximum absolute atomic E-state index is 13.0. The van der Waals surface area contributed by atoms with Gasteiger partial charge in [0, 0.05) is 29.6 Å². The van der Waals surface area contributed by atoms with E-state index < -0.39 is 11.6 Å². The molecule has 1 aromatic carbocycles. The van der Waals surface area contributed by atoms with Gasteiger partial charge in [0.1, 0.15) is 11.6 Å². The van der Waals surface area contributed by atoms with E-state index >= 15 is 0 Å². The molecule has 2 amide bonds. The zero-order chi connectivity index (χ0) is 18.3. The Bertz CT molecular complexity index is 846. The summed E-state index contributed by atoms with van der Waals surface area (Å²) < 4.78 is 0. The lowest BCUT2D eigenvalue weighted by Crippen LogP contribution is -2.62. The van der Waals surface area contributed by atoms with Crippen molar-refractivity contribution in [3.05, 3.63) is 36.0 Å². The molecule has 2 aliphatic carbocycles. The van der Waals surface area contributed by atoms with E-state index in [9.17, 15) is 14.7 Å². The van der Waals surface area contributed by atoms with Gasteiger partial charge in [-0.25, -0.2) is 0 Å². The summed E-state index contributed by atoms with van der Waals surface area (Å²) in [5, 5.41) is 17.7. The average Bonchev–Trinajstić information content (AvgIpc) is 3.30. The largest absolute Gasteiger partial charge is 0.530 e. The molecule has 1 aromatic heterocycles. The lowest BCUT2D eigenvalue weighted by molar-refractivity contribution is -0.252. The summed E-state index contributed by atoms with van der Waals surface area (Å²) in [5.41, 5.74) is 0.595. The molecular weight excluding hydrogens is 330 g/mol. The molecule has 0 radical (unpaired) electrons. The average molecular weight is 354 g/mol. The molecule has 2 bridgehead atoms. The SMILES string of the molecule is CC(Cc1c[nH]c2ccccc12)(NC(=O)[O-])C(=O)NC1CC2CCC1C2. The van der Waals surface area contributed by atoms with Crippen LogP contribution < -0.4 is 15.7 Å². The Hall–Kier alpha value is -2.50. The molecule has 4 unspecified atom stereocenters. The van der Waals surface area contributed by atoms with Crippen molar-refractivity contribution in [2.75, 3.05) is 0 Å². The van der Waals surface area contributed by atoms with Gasteiger partial charge in [0.15, 0.2) is 0 Å². The summed E-state index contributed by atoms with van der Waals surface area (Å²) in [5.74, 6) is 0.966. The number of hydrogen-bond acceptors (Lipinski definition) is 3. The van der Waals surface area contributed by atoms with Crippen LogP contribution in [0, 0.1) is 11.8 Å². The lowest BCUT2D eigenvalue weighted by atomic mass is 9.89. The van der Waals surface area contributed by atoms with Crippen LogP contribution in [-0.2, 0) is 11.2 Å². The van der Waals surface area contributed by atoms with Crippen molar-refractivity contribution < 1.29 is 14.7 Å². The van der Waals surface area contributed by atoms with E-state index in [2.05, 4.69) is 15.6 Å². The van der Waals surface area contributed by atoms with Crippen LogP contribution in [0.25, 0.3) is 10.9 Å². The van der Waals surface area contributed by atoms with E-state index in [0.717, 1.165) is 29.3 Å². The Kier molecular flexibility index (Phi) is 4.13. The van der Waals surface area contributed by atoms with Crippen molar-refractivity contribution in [2.45, 2.75) is 50.6 Å². The number of H-pyrrole nitrogens is 1. The first kappa shape index (κ1) is 16.9. The molecule has 6 heteroatoms. The van der Waals surface area contributed by atoms with E-state index in [1.807, 2.05) is 30.5 Å². The van der Waals surface area contributed by atoms with Crippen LogP contribution in [0.3, 0.4) is 0 Å². The number of nitrogens with one attached hydrogen (secondary N) is 3. The highest BCUT2D eigenvalue weighted by molar-refractivity contribution is 5.91. The third-order valence-electron chi connectivity index (χ3n) is 6.15. The molecule has 138 valence electrons. The van der Waals surface area contributed by atoms with E-state index in [-0.39, 0.29) is 18.4 Å². The van der Waals surface area contributed by atoms with Gasteiger partial charge in [-0.05, 0) is 49.7 Å². The van der Waals surface area contributed by atoms with Crippen LogP contribution in [-0.4, -0.2) is 28.6 Å². The summed E-state index contributed by atoms with van der Waals surface area (Å²) in [6.45, 7) is 1.63. The molecule has 2 fully saturated rings. The van der Waals surface area contributed by atoms with Crippen molar-refractivity contribution in [3.8, 4) is 0 Å². The number of benzene rings is 1. The Balaban J connectivity index is 1.56. The quantitative estimate of drug-likeness (QED) is 0.762. The van der Waals surface area contributed by atoms with Crippen molar-refractivity contribution >= 4 is 22.9 Å². The number of hydrogen-bond donors (Lipinski definition) is 3. The highest BCUT2D eigenvalue weighted by Crippen LogP contribution is 2.44. The molecule has 4 rings (SSSR count). The van der Waals surface area contributed by atoms with E-state index in [1.165, 1.54) is 12.8 Å². The van der Waals surface area contributed by atoms with Gasteiger partial charge in [0.25, 0.3) is 0 Å². The van der Waals surface area contributed by atoms with Crippen LogP contribution >= 0.6 is 0 Å². The van der Waals surface area contributed by atoms with Crippen LogP contribution in [0.5, 0.6) is 0 Å². The van der Waals surface area contributed by atoms with Gasteiger partial charge in [-0.2, -0.15) is 0 Å². The van der Waals surface area contributed by atoms with Crippen LogP contribution in [0.4, 0.5) is 4.79 Å². The number of aromatic nitrogens is 1. The summed E-state index contributed by atoms with van der Waals surface area (Å²) >= 11 is 0. The highest BCUT2D eigenvalue weighted by Gasteiger charge is 2.43. The number of carboxylic acid groups (broad SMARTS) is 1. The molecule has 0 spiro atoms. The van der Waals surface area contributed by atoms with Gasteiger partial charge in [-0.15, -0.1) is 0 Å². The molecule has 3 N–H and O–H groups in total. The zero-order valence-corrected chi connectivity index (χ0v) is 14.9. The Morgan fingerprint density at radius 3 is 2.77 bits per heavy atom. The second kappa shape index (κ2) is 6.34. The number of carbonyl (C=O) groups excluding carboxylic acids is 2. The minimum Gasteiger partial charge on any atom is -0.530 e. The lowest BCUT2D eigenvalue weighted by Gasteiger charge is -2.34. The monoisotopic (exact) mass is 354 g/mol. The molecule has 0 aliphatic heterocycles. The normalized spacial score (nSPS) is 26.6. The predicted octanol–water partition coefficient (Wildman–Crippen LogP) is 1.71. The molecule has 2 saturated carbocycles. The summed E-state index contributed by atoms with van der Waals surface area (Å²) in [4.78, 5) is 27.5. The second-order valence-corrected chi connectivity index (χ2v) is 8.04. The van der Waals surface area contributed by atoms with E-state index in [1.54, 1.807) is 6.92 Å². The molecule has 2 aliphatic rings. The van der Waals surface area contributed by atoms with Gasteiger partial charge in [-0.3, -0.25) is 4.79 Å². The molecule has 4 atom stereocenters. The smallest absolute Gasteiger partial charge is 0.245 e. The first-order valence-corrected chi connectivity index (χ1v) is 9.30. The highest BCUT2D eigenvalue weighted by atomic mass is 16.4. The maximum Gasteiger partial charge on any atom is 0.245 e.